The molecule has 49 heavy (non-hydrogen) atoms. The molecule has 3 amide bonds. The predicted molar refractivity (Wildman–Crippen MR) is 180 cm³/mol. The summed E-state index contributed by atoms with van der Waals surface area (Å²) in [7, 11) is 0. The van der Waals surface area contributed by atoms with Crippen LogP contribution in [0.4, 0.5) is 17.1 Å². The van der Waals surface area contributed by atoms with Gasteiger partial charge in [-0.05, 0) is 67.9 Å². The number of esters is 1. The van der Waals surface area contributed by atoms with Crippen molar-refractivity contribution in [3.63, 3.8) is 0 Å². The first-order valence-electron chi connectivity index (χ1n) is 15.1. The molecule has 0 aliphatic carbocycles. The Kier molecular flexibility index (Phi) is 9.51. The lowest BCUT2D eigenvalue weighted by molar-refractivity contribution is -0.384. The third-order valence-corrected chi connectivity index (χ3v) is 10.2. The topological polar surface area (TPSA) is 187 Å². The Labute approximate surface area is 286 Å². The van der Waals surface area contributed by atoms with Crippen LogP contribution in [0.3, 0.4) is 0 Å². The van der Waals surface area contributed by atoms with Crippen molar-refractivity contribution >= 4 is 63.9 Å². The number of nitro benzene ring substituents is 1. The van der Waals surface area contributed by atoms with Gasteiger partial charge in [0.2, 0.25) is 11.8 Å². The van der Waals surface area contributed by atoms with Crippen LogP contribution in [-0.4, -0.2) is 58.7 Å². The van der Waals surface area contributed by atoms with Gasteiger partial charge in [-0.25, -0.2) is 9.69 Å². The average molecular weight is 705 g/mol. The lowest BCUT2D eigenvalue weighted by atomic mass is 9.83. The van der Waals surface area contributed by atoms with E-state index in [1.807, 2.05) is 0 Å². The van der Waals surface area contributed by atoms with E-state index in [0.29, 0.717) is 26.7 Å². The number of benzene rings is 3. The summed E-state index contributed by atoms with van der Waals surface area (Å²) >= 11 is 2.06. The number of nitrogens with zero attached hydrogens (tertiary/aromatic N) is 2. The molecule has 3 aromatic carbocycles. The van der Waals surface area contributed by atoms with E-state index in [1.165, 1.54) is 36.4 Å². The summed E-state index contributed by atoms with van der Waals surface area (Å²) in [5, 5.41) is 13.5. The molecular formula is C33H28N4O10S2. The first-order chi connectivity index (χ1) is 23.6. The van der Waals surface area contributed by atoms with E-state index < -0.39 is 45.7 Å². The first-order valence-corrected chi connectivity index (χ1v) is 16.8. The second-order valence-corrected chi connectivity index (χ2v) is 13.0. The largest absolute Gasteiger partial charge is 0.490 e. The average Bonchev–Trinajstić information content (AvgIpc) is 3.58. The van der Waals surface area contributed by atoms with Crippen LogP contribution in [-0.2, 0) is 19.1 Å². The SMILES string of the molecule is CCOC(=O)c1ccc(NC(=O)COc2ccc(C3c4sc(=O)[nH]c4SC4C(=O)N(c5ccc([N+](=O)[O-])cc5)C(=O)C43)cc2OCC)cc1. The second kappa shape index (κ2) is 13.9. The normalized spacial score (nSPS) is 18.0. The van der Waals surface area contributed by atoms with Crippen LogP contribution in [0, 0.1) is 16.0 Å². The van der Waals surface area contributed by atoms with Gasteiger partial charge in [0.15, 0.2) is 18.1 Å². The van der Waals surface area contributed by atoms with Gasteiger partial charge in [-0.15, -0.1) is 0 Å². The number of aromatic nitrogens is 1. The number of fused-ring (bicyclic) bond motifs is 2. The maximum Gasteiger partial charge on any atom is 0.338 e. The summed E-state index contributed by atoms with van der Waals surface area (Å²) in [6.45, 7) is 3.61. The monoisotopic (exact) mass is 704 g/mol. The Hall–Kier alpha value is -5.48. The van der Waals surface area contributed by atoms with Crippen LogP contribution in [0.15, 0.2) is 76.6 Å². The van der Waals surface area contributed by atoms with E-state index in [9.17, 15) is 34.1 Å². The van der Waals surface area contributed by atoms with E-state index in [0.717, 1.165) is 28.0 Å². The van der Waals surface area contributed by atoms with Gasteiger partial charge in [0.05, 0.1) is 40.3 Å². The van der Waals surface area contributed by atoms with Crippen molar-refractivity contribution in [2.45, 2.75) is 30.0 Å². The fourth-order valence-electron chi connectivity index (χ4n) is 5.70. The van der Waals surface area contributed by atoms with Gasteiger partial charge in [0, 0.05) is 28.6 Å². The van der Waals surface area contributed by atoms with Crippen molar-refractivity contribution in [3.05, 3.63) is 103 Å². The Bertz CT molecular complexity index is 2010. The molecule has 1 fully saturated rings. The van der Waals surface area contributed by atoms with E-state index in [2.05, 4.69) is 10.3 Å². The van der Waals surface area contributed by atoms with Crippen molar-refractivity contribution in [2.75, 3.05) is 30.0 Å². The van der Waals surface area contributed by atoms with Crippen molar-refractivity contribution in [3.8, 4) is 11.5 Å². The molecule has 4 aromatic rings. The highest BCUT2D eigenvalue weighted by Gasteiger charge is 2.56. The minimum absolute atomic E-state index is 0.180. The number of H-pyrrole nitrogens is 1. The number of thiazole rings is 1. The second-order valence-electron chi connectivity index (χ2n) is 10.8. The van der Waals surface area contributed by atoms with Crippen LogP contribution >= 0.6 is 23.1 Å². The molecule has 1 aromatic heterocycles. The number of ether oxygens (including phenoxy) is 3. The summed E-state index contributed by atoms with van der Waals surface area (Å²) in [5.74, 6) is -3.00. The van der Waals surface area contributed by atoms with Gasteiger partial charge >= 0.3 is 10.8 Å². The van der Waals surface area contributed by atoms with E-state index in [1.54, 1.807) is 44.2 Å². The fourth-order valence-corrected chi connectivity index (χ4v) is 8.22. The quantitative estimate of drug-likeness (QED) is 0.0951. The number of carbonyl (C=O) groups is 4. The Morgan fingerprint density at radius 1 is 0.939 bits per heavy atom. The number of aromatic amines is 1. The minimum atomic E-state index is -0.895. The molecule has 6 rings (SSSR count). The van der Waals surface area contributed by atoms with Crippen molar-refractivity contribution < 1.29 is 38.3 Å². The highest BCUT2D eigenvalue weighted by molar-refractivity contribution is 8.00. The van der Waals surface area contributed by atoms with Crippen LogP contribution in [0.1, 0.15) is 40.6 Å². The number of rotatable bonds is 11. The summed E-state index contributed by atoms with van der Waals surface area (Å²) < 4.78 is 16.6. The molecule has 0 spiro atoms. The number of nitrogens with one attached hydrogen (secondary N) is 2. The lowest BCUT2D eigenvalue weighted by Gasteiger charge is -2.30. The molecular weight excluding hydrogens is 677 g/mol. The lowest BCUT2D eigenvalue weighted by Crippen LogP contribution is -2.32. The number of anilines is 2. The van der Waals surface area contributed by atoms with E-state index in [4.69, 9.17) is 14.2 Å². The Morgan fingerprint density at radius 2 is 1.67 bits per heavy atom. The Morgan fingerprint density at radius 3 is 2.35 bits per heavy atom. The molecule has 2 N–H and O–H groups in total. The fraction of sp³-hybridized carbons (Fsp3) is 0.242. The van der Waals surface area contributed by atoms with Crippen molar-refractivity contribution in [2.24, 2.45) is 5.92 Å². The molecule has 2 aliphatic rings. The van der Waals surface area contributed by atoms with Crippen molar-refractivity contribution in [1.82, 2.24) is 4.98 Å². The van der Waals surface area contributed by atoms with Crippen LogP contribution in [0.5, 0.6) is 11.5 Å². The van der Waals surface area contributed by atoms with Crippen molar-refractivity contribution in [1.29, 1.82) is 0 Å². The third kappa shape index (κ3) is 6.64. The van der Waals surface area contributed by atoms with Crippen LogP contribution in [0.25, 0.3) is 0 Å². The summed E-state index contributed by atoms with van der Waals surface area (Å²) in [4.78, 5) is 79.4. The molecule has 252 valence electrons. The molecule has 16 heteroatoms. The summed E-state index contributed by atoms with van der Waals surface area (Å²) in [6, 6.07) is 16.4. The number of hydrogen-bond acceptors (Lipinski definition) is 12. The molecule has 1 saturated heterocycles. The maximum atomic E-state index is 14.0. The zero-order valence-corrected chi connectivity index (χ0v) is 27.6. The van der Waals surface area contributed by atoms with Gasteiger partial charge in [0.1, 0.15) is 5.25 Å². The van der Waals surface area contributed by atoms with Crippen LogP contribution in [0.2, 0.25) is 0 Å². The molecule has 14 nitrogen and oxygen atoms in total. The number of nitro groups is 1. The molecule has 0 saturated carbocycles. The van der Waals surface area contributed by atoms with Gasteiger partial charge in [-0.3, -0.25) is 29.3 Å². The molecule has 2 aliphatic heterocycles. The number of non-ortho nitro benzene ring substituents is 1. The first kappa shape index (κ1) is 33.4. The van der Waals surface area contributed by atoms with E-state index in [-0.39, 0.29) is 47.6 Å². The van der Waals surface area contributed by atoms with Crippen LogP contribution < -0.4 is 24.6 Å². The number of amides is 3. The highest BCUT2D eigenvalue weighted by Crippen LogP contribution is 2.54. The molecule has 0 bridgehead atoms. The number of imide groups is 1. The van der Waals surface area contributed by atoms with E-state index >= 15 is 0 Å². The van der Waals surface area contributed by atoms with Gasteiger partial charge in [-0.1, -0.05) is 29.2 Å². The van der Waals surface area contributed by atoms with Gasteiger partial charge in [0.25, 0.3) is 11.6 Å². The minimum Gasteiger partial charge on any atom is -0.490 e. The predicted octanol–water partition coefficient (Wildman–Crippen LogP) is 4.73. The summed E-state index contributed by atoms with van der Waals surface area (Å²) in [6.07, 6.45) is 0. The summed E-state index contributed by atoms with van der Waals surface area (Å²) in [5.41, 5.74) is 1.41. The molecule has 3 unspecified atom stereocenters. The smallest absolute Gasteiger partial charge is 0.338 e. The highest BCUT2D eigenvalue weighted by atomic mass is 32.2. The zero-order valence-electron chi connectivity index (χ0n) is 26.0. The molecule has 3 atom stereocenters. The molecule has 3 heterocycles. The number of carbonyl (C=O) groups excluding carboxylic acids is 4. The van der Waals surface area contributed by atoms with Gasteiger partial charge in [-0.2, -0.15) is 0 Å². The Balaban J connectivity index is 1.24. The number of hydrogen-bond donors (Lipinski definition) is 2. The maximum absolute atomic E-state index is 14.0. The third-order valence-electron chi connectivity index (χ3n) is 7.81. The van der Waals surface area contributed by atoms with Gasteiger partial charge < -0.3 is 24.5 Å². The molecule has 0 radical (unpaired) electrons. The zero-order chi connectivity index (χ0) is 34.8. The number of thioether (sulfide) groups is 1. The standard InChI is InChI=1S/C33H28N4O10S2/c1-3-45-23-15-18(7-14-22(23)47-16-24(38)34-19-8-5-17(6-9-19)32(41)46-4-2)25-26-28(48-29-27(25)49-33(42)35-29)31(40)36(30(26)39)20-10-12-21(13-11-20)37(43)44/h5-15,25-26,28H,3-4,16H2,1-2H3,(H,34,38)(H,35,42).